The van der Waals surface area contributed by atoms with Gasteiger partial charge in [0.25, 0.3) is 0 Å². The molecule has 1 fully saturated rings. The van der Waals surface area contributed by atoms with Crippen LogP contribution in [0.1, 0.15) is 50.2 Å². The van der Waals surface area contributed by atoms with Crippen LogP contribution < -0.4 is 4.74 Å². The predicted molar refractivity (Wildman–Crippen MR) is 135 cm³/mol. The second-order valence-electron chi connectivity index (χ2n) is 9.23. The summed E-state index contributed by atoms with van der Waals surface area (Å²) in [6, 6.07) is 14.9. The highest BCUT2D eigenvalue weighted by molar-refractivity contribution is 7.08. The summed E-state index contributed by atoms with van der Waals surface area (Å²) in [5.41, 5.74) is 8.24. The number of carbonyl (C=O) groups is 1. The molecule has 0 amide bonds. The zero-order valence-corrected chi connectivity index (χ0v) is 20.1. The molecular weight excluding hydrogens is 430 g/mol. The molecule has 1 N–H and O–H groups in total. The first-order chi connectivity index (χ1) is 15.9. The van der Waals surface area contributed by atoms with Crippen LogP contribution in [0.2, 0.25) is 0 Å². The smallest absolute Gasteiger partial charge is 0.305 e. The molecule has 4 aromatic rings. The first-order valence-corrected chi connectivity index (χ1v) is 12.5. The average Bonchev–Trinajstić information content (AvgIpc) is 3.47. The molecule has 0 saturated heterocycles. The highest BCUT2D eigenvalue weighted by atomic mass is 32.1. The van der Waals surface area contributed by atoms with Gasteiger partial charge < -0.3 is 14.4 Å². The molecule has 33 heavy (non-hydrogen) atoms. The minimum absolute atomic E-state index is 0.0748. The number of ether oxygens (including phenoxy) is 1. The maximum atomic E-state index is 11.5. The van der Waals surface area contributed by atoms with Gasteiger partial charge in [0, 0.05) is 28.6 Å². The number of thiophene rings is 1. The van der Waals surface area contributed by atoms with E-state index in [2.05, 4.69) is 52.6 Å². The van der Waals surface area contributed by atoms with E-state index in [4.69, 9.17) is 4.74 Å². The summed E-state index contributed by atoms with van der Waals surface area (Å²) in [5.74, 6) is 0.686. The molecule has 1 aliphatic carbocycles. The second-order valence-corrected chi connectivity index (χ2v) is 9.98. The third kappa shape index (κ3) is 4.30. The molecule has 1 saturated carbocycles. The summed E-state index contributed by atoms with van der Waals surface area (Å²) in [6.07, 6.45) is 2.66. The molecule has 0 spiro atoms. The normalized spacial score (nSPS) is 13.7. The van der Waals surface area contributed by atoms with E-state index in [1.54, 1.807) is 11.3 Å². The van der Waals surface area contributed by atoms with E-state index in [-0.39, 0.29) is 12.5 Å². The van der Waals surface area contributed by atoms with E-state index < -0.39 is 5.97 Å². The van der Waals surface area contributed by atoms with Crippen LogP contribution in [0.3, 0.4) is 0 Å². The van der Waals surface area contributed by atoms with Gasteiger partial charge in [0.05, 0.1) is 18.2 Å². The van der Waals surface area contributed by atoms with Crippen molar-refractivity contribution in [2.24, 2.45) is 0 Å². The number of fused-ring (bicyclic) bond motifs is 1. The molecule has 0 radical (unpaired) electrons. The average molecular weight is 460 g/mol. The quantitative estimate of drug-likeness (QED) is 0.297. The van der Waals surface area contributed by atoms with Crippen LogP contribution in [0.15, 0.2) is 53.2 Å². The summed E-state index contributed by atoms with van der Waals surface area (Å²) in [6.45, 7) is 6.62. The lowest BCUT2D eigenvalue weighted by Gasteiger charge is -2.15. The van der Waals surface area contributed by atoms with E-state index in [1.807, 2.05) is 26.0 Å². The molecule has 0 aliphatic heterocycles. The van der Waals surface area contributed by atoms with Crippen LogP contribution in [-0.4, -0.2) is 21.7 Å². The van der Waals surface area contributed by atoms with E-state index in [1.165, 1.54) is 40.5 Å². The lowest BCUT2D eigenvalue weighted by molar-refractivity contribution is -0.137. The first kappa shape index (κ1) is 21.8. The summed E-state index contributed by atoms with van der Waals surface area (Å²) < 4.78 is 8.20. The van der Waals surface area contributed by atoms with Gasteiger partial charge in [0.2, 0.25) is 0 Å². The Morgan fingerprint density at radius 1 is 1.18 bits per heavy atom. The summed E-state index contributed by atoms with van der Waals surface area (Å²) in [7, 11) is 0. The van der Waals surface area contributed by atoms with Crippen molar-refractivity contribution in [1.82, 2.24) is 4.57 Å². The molecule has 5 heteroatoms. The van der Waals surface area contributed by atoms with Gasteiger partial charge in [-0.15, -0.1) is 0 Å². The maximum absolute atomic E-state index is 11.5. The van der Waals surface area contributed by atoms with Crippen molar-refractivity contribution in [1.29, 1.82) is 0 Å². The minimum Gasteiger partial charge on any atom is -0.491 e. The largest absolute Gasteiger partial charge is 0.491 e. The molecule has 5 rings (SSSR count). The van der Waals surface area contributed by atoms with Gasteiger partial charge in [0.1, 0.15) is 5.75 Å². The van der Waals surface area contributed by atoms with Crippen molar-refractivity contribution < 1.29 is 14.6 Å². The van der Waals surface area contributed by atoms with Crippen molar-refractivity contribution in [3.63, 3.8) is 0 Å². The van der Waals surface area contributed by atoms with Gasteiger partial charge in [-0.2, -0.15) is 11.3 Å². The summed E-state index contributed by atoms with van der Waals surface area (Å²) >= 11 is 1.71. The molecule has 2 aromatic heterocycles. The molecule has 2 aromatic carbocycles. The third-order valence-corrected chi connectivity index (χ3v) is 7.15. The third-order valence-electron chi connectivity index (χ3n) is 6.29. The zero-order chi connectivity index (χ0) is 23.1. The Bertz CT molecular complexity index is 1330. The minimum atomic E-state index is -0.789. The predicted octanol–water partition coefficient (Wildman–Crippen LogP) is 7.48. The van der Waals surface area contributed by atoms with E-state index >= 15 is 0 Å². The van der Waals surface area contributed by atoms with Crippen LogP contribution in [0.4, 0.5) is 0 Å². The van der Waals surface area contributed by atoms with Gasteiger partial charge in [-0.25, -0.2) is 0 Å². The Hall–Kier alpha value is -3.05. The highest BCUT2D eigenvalue weighted by Gasteiger charge is 2.27. The number of aryl methyl sites for hydroxylation is 2. The van der Waals surface area contributed by atoms with Gasteiger partial charge in [-0.05, 0) is 91.2 Å². The molecule has 4 nitrogen and oxygen atoms in total. The van der Waals surface area contributed by atoms with E-state index in [0.717, 1.165) is 22.5 Å². The van der Waals surface area contributed by atoms with Crippen molar-refractivity contribution in [2.75, 3.05) is 0 Å². The number of rotatable bonds is 8. The SMILES string of the molecule is Cc1cscc1-c1c(-c2cccc(OC(C)C)c2)n(CCC(=O)O)c2ccc(C3CC3)cc12. The molecule has 170 valence electrons. The lowest BCUT2D eigenvalue weighted by atomic mass is 9.96. The lowest BCUT2D eigenvalue weighted by Crippen LogP contribution is -2.07. The maximum Gasteiger partial charge on any atom is 0.305 e. The number of carboxylic acid groups (broad SMARTS) is 1. The topological polar surface area (TPSA) is 51.5 Å². The highest BCUT2D eigenvalue weighted by Crippen LogP contribution is 2.47. The van der Waals surface area contributed by atoms with Crippen LogP contribution in [0, 0.1) is 6.92 Å². The number of aromatic nitrogens is 1. The van der Waals surface area contributed by atoms with Crippen molar-refractivity contribution in [3.05, 3.63) is 64.4 Å². The number of carboxylic acids is 1. The Morgan fingerprint density at radius 2 is 2.00 bits per heavy atom. The van der Waals surface area contributed by atoms with E-state index in [9.17, 15) is 9.90 Å². The first-order valence-electron chi connectivity index (χ1n) is 11.6. The van der Waals surface area contributed by atoms with Crippen LogP contribution >= 0.6 is 11.3 Å². The van der Waals surface area contributed by atoms with Crippen molar-refractivity contribution >= 4 is 28.2 Å². The van der Waals surface area contributed by atoms with Crippen LogP contribution in [-0.2, 0) is 11.3 Å². The number of aliphatic carboxylic acids is 1. The molecule has 0 bridgehead atoms. The molecule has 0 atom stereocenters. The second kappa shape index (κ2) is 8.71. The Balaban J connectivity index is 1.80. The van der Waals surface area contributed by atoms with E-state index in [0.29, 0.717) is 12.5 Å². The van der Waals surface area contributed by atoms with Gasteiger partial charge in [0.15, 0.2) is 0 Å². The fourth-order valence-electron chi connectivity index (χ4n) is 4.66. The van der Waals surface area contributed by atoms with Crippen LogP contribution in [0.5, 0.6) is 5.75 Å². The summed E-state index contributed by atoms with van der Waals surface area (Å²) in [4.78, 5) is 11.5. The van der Waals surface area contributed by atoms with Gasteiger partial charge >= 0.3 is 5.97 Å². The molecule has 0 unspecified atom stereocenters. The monoisotopic (exact) mass is 459 g/mol. The van der Waals surface area contributed by atoms with Crippen molar-refractivity contribution in [2.45, 2.75) is 58.6 Å². The number of nitrogens with zero attached hydrogens (tertiary/aromatic N) is 1. The fourth-order valence-corrected chi connectivity index (χ4v) is 5.50. The Morgan fingerprint density at radius 3 is 2.67 bits per heavy atom. The number of hydrogen-bond acceptors (Lipinski definition) is 3. The Kier molecular flexibility index (Phi) is 5.75. The zero-order valence-electron chi connectivity index (χ0n) is 19.3. The van der Waals surface area contributed by atoms with Gasteiger partial charge in [-0.3, -0.25) is 4.79 Å². The molecular formula is C28H29NO3S. The fraction of sp³-hybridized carbons (Fsp3) is 0.321. The van der Waals surface area contributed by atoms with Crippen molar-refractivity contribution in [3.8, 4) is 28.1 Å². The number of hydrogen-bond donors (Lipinski definition) is 1. The molecule has 2 heterocycles. The number of benzene rings is 2. The Labute approximate surface area is 198 Å². The molecule has 1 aliphatic rings. The standard InChI is InChI=1S/C28H29NO3S/c1-17(2)32-22-6-4-5-21(13-22)28-27(24-16-33-15-18(24)3)23-14-20(19-7-8-19)9-10-25(23)29(28)12-11-26(30)31/h4-6,9-10,13-17,19H,7-8,11-12H2,1-3H3,(H,30,31). The van der Waals surface area contributed by atoms with Crippen LogP contribution in [0.25, 0.3) is 33.3 Å². The van der Waals surface area contributed by atoms with Gasteiger partial charge in [-0.1, -0.05) is 18.2 Å². The summed E-state index contributed by atoms with van der Waals surface area (Å²) in [5, 5.41) is 15.1.